The minimum Gasteiger partial charge on any atom is -0.478 e. The van der Waals surface area contributed by atoms with Gasteiger partial charge < -0.3 is 15.2 Å². The zero-order valence-corrected chi connectivity index (χ0v) is 13.0. The molecule has 2 rings (SSSR count). The summed E-state index contributed by atoms with van der Waals surface area (Å²) in [6.45, 7) is 2.33. The van der Waals surface area contributed by atoms with E-state index in [-0.39, 0.29) is 23.6 Å². The number of pyridine rings is 1. The Balaban J connectivity index is 2.43. The highest BCUT2D eigenvalue weighted by Gasteiger charge is 2.13. The second kappa shape index (κ2) is 7.06. The van der Waals surface area contributed by atoms with Crippen LogP contribution in [0.2, 0.25) is 0 Å². The summed E-state index contributed by atoms with van der Waals surface area (Å²) in [7, 11) is 1.53. The number of methoxy groups -OCH3 is 1. The molecule has 7 heteroatoms. The standard InChI is InChI=1S/C16H18N2O5/c1-10-7-12(16(21)22)8-11-3-4-14(20)18(15(10)11)9-13(19)17-5-6-23-2/h3-4,7-8H,5-6,9H2,1-2H3,(H,17,19)(H,21,22). The number of nitrogens with zero attached hydrogens (tertiary/aromatic N) is 1. The summed E-state index contributed by atoms with van der Waals surface area (Å²) in [4.78, 5) is 35.2. The Kier molecular flexibility index (Phi) is 5.13. The highest BCUT2D eigenvalue weighted by Crippen LogP contribution is 2.19. The van der Waals surface area contributed by atoms with Crippen molar-refractivity contribution in [1.82, 2.24) is 9.88 Å². The van der Waals surface area contributed by atoms with Crippen molar-refractivity contribution in [2.45, 2.75) is 13.5 Å². The number of amides is 1. The third kappa shape index (κ3) is 3.75. The Labute approximate surface area is 132 Å². The smallest absolute Gasteiger partial charge is 0.335 e. The maximum atomic E-state index is 12.1. The molecule has 122 valence electrons. The average molecular weight is 318 g/mol. The van der Waals surface area contributed by atoms with Crippen molar-refractivity contribution >= 4 is 22.8 Å². The summed E-state index contributed by atoms with van der Waals surface area (Å²) < 4.78 is 6.20. The average Bonchev–Trinajstić information content (AvgIpc) is 2.50. The number of carbonyl (C=O) groups is 2. The van der Waals surface area contributed by atoms with E-state index in [4.69, 9.17) is 9.84 Å². The van der Waals surface area contributed by atoms with Gasteiger partial charge in [-0.05, 0) is 36.1 Å². The van der Waals surface area contributed by atoms with Crippen LogP contribution in [0.1, 0.15) is 15.9 Å². The number of fused-ring (bicyclic) bond motifs is 1. The van der Waals surface area contributed by atoms with Gasteiger partial charge in [-0.1, -0.05) is 0 Å². The van der Waals surface area contributed by atoms with E-state index in [1.54, 1.807) is 13.0 Å². The lowest BCUT2D eigenvalue weighted by Gasteiger charge is -2.13. The van der Waals surface area contributed by atoms with Gasteiger partial charge in [-0.2, -0.15) is 0 Å². The number of ether oxygens (including phenoxy) is 1. The molecule has 2 aromatic rings. The first-order valence-electron chi connectivity index (χ1n) is 7.07. The fourth-order valence-corrected chi connectivity index (χ4v) is 2.44. The molecule has 0 bridgehead atoms. The van der Waals surface area contributed by atoms with E-state index < -0.39 is 5.97 Å². The first kappa shape index (κ1) is 16.7. The number of carbonyl (C=O) groups excluding carboxylic acids is 1. The van der Waals surface area contributed by atoms with Crippen LogP contribution in [0.3, 0.4) is 0 Å². The summed E-state index contributed by atoms with van der Waals surface area (Å²) in [5, 5.41) is 12.4. The van der Waals surface area contributed by atoms with E-state index in [2.05, 4.69) is 5.32 Å². The van der Waals surface area contributed by atoms with Crippen molar-refractivity contribution < 1.29 is 19.4 Å². The Morgan fingerprint density at radius 1 is 1.30 bits per heavy atom. The van der Waals surface area contributed by atoms with Gasteiger partial charge in [0.1, 0.15) is 6.54 Å². The summed E-state index contributed by atoms with van der Waals surface area (Å²) in [5.41, 5.74) is 1.02. The Hall–Kier alpha value is -2.67. The fourth-order valence-electron chi connectivity index (χ4n) is 2.44. The molecule has 1 heterocycles. The van der Waals surface area contributed by atoms with Crippen LogP contribution in [-0.2, 0) is 16.1 Å². The Morgan fingerprint density at radius 3 is 2.70 bits per heavy atom. The molecule has 0 aliphatic heterocycles. The molecule has 1 amide bonds. The van der Waals surface area contributed by atoms with Gasteiger partial charge in [0.2, 0.25) is 5.91 Å². The van der Waals surface area contributed by atoms with Gasteiger partial charge in [0, 0.05) is 19.7 Å². The molecule has 23 heavy (non-hydrogen) atoms. The molecule has 0 spiro atoms. The Bertz CT molecular complexity index is 810. The molecule has 0 aliphatic rings. The molecule has 1 aromatic heterocycles. The number of hydrogen-bond donors (Lipinski definition) is 2. The molecule has 0 saturated carbocycles. The van der Waals surface area contributed by atoms with Gasteiger partial charge in [-0.15, -0.1) is 0 Å². The zero-order valence-electron chi connectivity index (χ0n) is 13.0. The van der Waals surface area contributed by atoms with E-state index in [9.17, 15) is 14.4 Å². The minimum absolute atomic E-state index is 0.132. The van der Waals surface area contributed by atoms with E-state index in [0.717, 1.165) is 0 Å². The van der Waals surface area contributed by atoms with Crippen LogP contribution < -0.4 is 10.9 Å². The van der Waals surface area contributed by atoms with E-state index in [1.165, 1.54) is 29.9 Å². The van der Waals surface area contributed by atoms with Crippen LogP contribution in [0.5, 0.6) is 0 Å². The number of benzene rings is 1. The fraction of sp³-hybridized carbons (Fsp3) is 0.312. The van der Waals surface area contributed by atoms with E-state index in [0.29, 0.717) is 29.6 Å². The minimum atomic E-state index is -1.04. The number of carboxylic acids is 1. The lowest BCUT2D eigenvalue weighted by atomic mass is 10.1. The highest BCUT2D eigenvalue weighted by atomic mass is 16.5. The summed E-state index contributed by atoms with van der Waals surface area (Å²) >= 11 is 0. The monoisotopic (exact) mass is 318 g/mol. The molecular formula is C16H18N2O5. The van der Waals surface area contributed by atoms with Crippen LogP contribution >= 0.6 is 0 Å². The van der Waals surface area contributed by atoms with Crippen LogP contribution in [-0.4, -0.2) is 41.8 Å². The maximum absolute atomic E-state index is 12.1. The number of hydrogen-bond acceptors (Lipinski definition) is 4. The molecule has 0 unspecified atom stereocenters. The molecule has 0 saturated heterocycles. The SMILES string of the molecule is COCCNC(=O)Cn1c(=O)ccc2cc(C(=O)O)cc(C)c21. The van der Waals surface area contributed by atoms with Crippen molar-refractivity contribution in [2.24, 2.45) is 0 Å². The van der Waals surface area contributed by atoms with Crippen LogP contribution in [0.15, 0.2) is 29.1 Å². The molecule has 0 atom stereocenters. The number of rotatable bonds is 6. The maximum Gasteiger partial charge on any atom is 0.335 e. The van der Waals surface area contributed by atoms with Gasteiger partial charge in [0.15, 0.2) is 0 Å². The Morgan fingerprint density at radius 2 is 2.04 bits per heavy atom. The number of nitrogens with one attached hydrogen (secondary N) is 1. The van der Waals surface area contributed by atoms with E-state index >= 15 is 0 Å². The molecule has 0 fully saturated rings. The molecule has 0 radical (unpaired) electrons. The number of aryl methyl sites for hydroxylation is 1. The second-order valence-corrected chi connectivity index (χ2v) is 5.14. The van der Waals surface area contributed by atoms with Gasteiger partial charge in [0.05, 0.1) is 17.7 Å². The van der Waals surface area contributed by atoms with Crippen molar-refractivity contribution in [3.8, 4) is 0 Å². The second-order valence-electron chi connectivity index (χ2n) is 5.14. The van der Waals surface area contributed by atoms with Crippen molar-refractivity contribution in [2.75, 3.05) is 20.3 Å². The van der Waals surface area contributed by atoms with Crippen LogP contribution in [0.4, 0.5) is 0 Å². The first-order chi connectivity index (χ1) is 10.9. The zero-order chi connectivity index (χ0) is 17.0. The normalized spacial score (nSPS) is 10.7. The summed E-state index contributed by atoms with van der Waals surface area (Å²) in [6, 6.07) is 5.87. The lowest BCUT2D eigenvalue weighted by Crippen LogP contribution is -2.34. The van der Waals surface area contributed by atoms with Crippen LogP contribution in [0.25, 0.3) is 10.9 Å². The molecule has 0 aliphatic carbocycles. The number of aromatic carboxylic acids is 1. The largest absolute Gasteiger partial charge is 0.478 e. The van der Waals surface area contributed by atoms with Crippen molar-refractivity contribution in [1.29, 1.82) is 0 Å². The first-order valence-corrected chi connectivity index (χ1v) is 7.07. The number of aromatic nitrogens is 1. The lowest BCUT2D eigenvalue weighted by molar-refractivity contribution is -0.121. The molecule has 1 aromatic carbocycles. The third-order valence-corrected chi connectivity index (χ3v) is 3.45. The third-order valence-electron chi connectivity index (χ3n) is 3.45. The van der Waals surface area contributed by atoms with E-state index in [1.807, 2.05) is 0 Å². The highest BCUT2D eigenvalue weighted by molar-refractivity contribution is 5.95. The molecule has 2 N–H and O–H groups in total. The molecular weight excluding hydrogens is 300 g/mol. The topological polar surface area (TPSA) is 97.6 Å². The van der Waals surface area contributed by atoms with Crippen LogP contribution in [0, 0.1) is 6.92 Å². The summed E-state index contributed by atoms with van der Waals surface area (Å²) in [6.07, 6.45) is 0. The predicted molar refractivity (Wildman–Crippen MR) is 84.8 cm³/mol. The predicted octanol–water partition coefficient (Wildman–Crippen LogP) is 0.771. The van der Waals surface area contributed by atoms with Gasteiger partial charge in [0.25, 0.3) is 5.56 Å². The quantitative estimate of drug-likeness (QED) is 0.767. The van der Waals surface area contributed by atoms with Gasteiger partial charge in [-0.25, -0.2) is 4.79 Å². The summed E-state index contributed by atoms with van der Waals surface area (Å²) in [5.74, 6) is -1.34. The van der Waals surface area contributed by atoms with Gasteiger partial charge in [-0.3, -0.25) is 14.2 Å². The number of carboxylic acid groups (broad SMARTS) is 1. The van der Waals surface area contributed by atoms with Crippen molar-refractivity contribution in [3.05, 3.63) is 45.7 Å². The molecule has 7 nitrogen and oxygen atoms in total. The van der Waals surface area contributed by atoms with Gasteiger partial charge >= 0.3 is 5.97 Å². The van der Waals surface area contributed by atoms with Crippen molar-refractivity contribution in [3.63, 3.8) is 0 Å².